The van der Waals surface area contributed by atoms with E-state index in [0.717, 1.165) is 5.56 Å². The van der Waals surface area contributed by atoms with Crippen LogP contribution in [0.3, 0.4) is 0 Å². The van der Waals surface area contributed by atoms with E-state index in [9.17, 15) is 9.90 Å². The molecule has 1 aromatic heterocycles. The molecule has 0 spiro atoms. The molecule has 0 aliphatic rings. The third kappa shape index (κ3) is 3.44. The summed E-state index contributed by atoms with van der Waals surface area (Å²) in [6, 6.07) is 12.0. The third-order valence-electron chi connectivity index (χ3n) is 4.21. The molecule has 3 rings (SSSR count). The zero-order valence-electron chi connectivity index (χ0n) is 14.5. The molecule has 2 N–H and O–H groups in total. The van der Waals surface area contributed by atoms with Gasteiger partial charge in [0, 0.05) is 23.6 Å². The molecule has 134 valence electrons. The van der Waals surface area contributed by atoms with E-state index >= 15 is 0 Å². The second-order valence-electron chi connectivity index (χ2n) is 5.83. The summed E-state index contributed by atoms with van der Waals surface area (Å²) in [5, 5.41) is 14.9. The first kappa shape index (κ1) is 18.0. The van der Waals surface area contributed by atoms with Gasteiger partial charge in [-0.1, -0.05) is 30.7 Å². The molecule has 6 heteroatoms. The number of nitrogens with zero attached hydrogens (tertiary/aromatic N) is 1. The smallest absolute Gasteiger partial charge is 0.220 e. The largest absolute Gasteiger partial charge is 0.505 e. The van der Waals surface area contributed by atoms with Gasteiger partial charge in [0.1, 0.15) is 17.0 Å². The number of hydrogen-bond donors (Lipinski definition) is 2. The SMILES string of the molecule is CCC(=O)NC(c1cccc(OC)c1)c1cc(Cl)c2cccnc2c1O. The van der Waals surface area contributed by atoms with Crippen LogP contribution in [0.15, 0.2) is 48.7 Å². The first-order valence-corrected chi connectivity index (χ1v) is 8.62. The van der Waals surface area contributed by atoms with Crippen LogP contribution in [0, 0.1) is 0 Å². The number of phenols is 1. The average molecular weight is 371 g/mol. The number of pyridine rings is 1. The quantitative estimate of drug-likeness (QED) is 0.705. The minimum atomic E-state index is -0.582. The summed E-state index contributed by atoms with van der Waals surface area (Å²) in [6.45, 7) is 1.77. The zero-order chi connectivity index (χ0) is 18.7. The predicted octanol–water partition coefficient (Wildman–Crippen LogP) is 4.22. The predicted molar refractivity (Wildman–Crippen MR) is 102 cm³/mol. The number of fused-ring (bicyclic) bond motifs is 1. The number of aromatic nitrogens is 1. The highest BCUT2D eigenvalue weighted by atomic mass is 35.5. The van der Waals surface area contributed by atoms with E-state index in [1.807, 2.05) is 24.3 Å². The molecular formula is C20H19ClN2O3. The molecule has 0 radical (unpaired) electrons. The van der Waals surface area contributed by atoms with Crippen molar-refractivity contribution < 1.29 is 14.6 Å². The average Bonchev–Trinajstić information content (AvgIpc) is 2.69. The summed E-state index contributed by atoms with van der Waals surface area (Å²) in [6.07, 6.45) is 1.91. The second-order valence-corrected chi connectivity index (χ2v) is 6.23. The number of hydrogen-bond acceptors (Lipinski definition) is 4. The Morgan fingerprint density at radius 2 is 2.12 bits per heavy atom. The molecule has 1 unspecified atom stereocenters. The van der Waals surface area contributed by atoms with Crippen LogP contribution in [0.25, 0.3) is 10.9 Å². The van der Waals surface area contributed by atoms with Crippen molar-refractivity contribution in [1.29, 1.82) is 0 Å². The fraction of sp³-hybridized carbons (Fsp3) is 0.200. The van der Waals surface area contributed by atoms with Crippen LogP contribution in [0.1, 0.15) is 30.5 Å². The molecule has 0 fully saturated rings. The van der Waals surface area contributed by atoms with Crippen LogP contribution in [-0.2, 0) is 4.79 Å². The maximum atomic E-state index is 12.1. The summed E-state index contributed by atoms with van der Waals surface area (Å²) in [7, 11) is 1.58. The highest BCUT2D eigenvalue weighted by molar-refractivity contribution is 6.35. The zero-order valence-corrected chi connectivity index (χ0v) is 15.2. The lowest BCUT2D eigenvalue weighted by Crippen LogP contribution is -2.28. The summed E-state index contributed by atoms with van der Waals surface area (Å²) in [5.74, 6) is 0.506. The standard InChI is InChI=1S/C20H19ClN2O3/c1-3-17(24)23-18(12-6-4-7-13(10-12)26-2)15-11-16(21)14-8-5-9-22-19(14)20(15)25/h4-11,18,25H,3H2,1-2H3,(H,23,24). The van der Waals surface area contributed by atoms with Crippen molar-refractivity contribution in [2.75, 3.05) is 7.11 Å². The second kappa shape index (κ2) is 7.62. The number of carbonyl (C=O) groups excluding carboxylic acids is 1. The summed E-state index contributed by atoms with van der Waals surface area (Å²) in [4.78, 5) is 16.4. The number of aromatic hydroxyl groups is 1. The topological polar surface area (TPSA) is 71.5 Å². The van der Waals surface area contributed by atoms with Gasteiger partial charge in [-0.05, 0) is 35.9 Å². The number of benzene rings is 2. The lowest BCUT2D eigenvalue weighted by Gasteiger charge is -2.22. The van der Waals surface area contributed by atoms with Crippen molar-refractivity contribution >= 4 is 28.4 Å². The maximum absolute atomic E-state index is 12.1. The third-order valence-corrected chi connectivity index (χ3v) is 4.52. The Balaban J connectivity index is 2.20. The lowest BCUT2D eigenvalue weighted by atomic mass is 9.95. The Hall–Kier alpha value is -2.79. The van der Waals surface area contributed by atoms with Crippen molar-refractivity contribution in [1.82, 2.24) is 10.3 Å². The van der Waals surface area contributed by atoms with E-state index in [1.54, 1.807) is 38.4 Å². The molecule has 0 saturated carbocycles. The lowest BCUT2D eigenvalue weighted by molar-refractivity contribution is -0.121. The van der Waals surface area contributed by atoms with Gasteiger partial charge in [0.2, 0.25) is 5.91 Å². The summed E-state index contributed by atoms with van der Waals surface area (Å²) in [5.41, 5.74) is 1.65. The van der Waals surface area contributed by atoms with E-state index in [2.05, 4.69) is 10.3 Å². The highest BCUT2D eigenvalue weighted by Gasteiger charge is 2.23. The van der Waals surface area contributed by atoms with E-state index < -0.39 is 6.04 Å². The van der Waals surface area contributed by atoms with E-state index in [4.69, 9.17) is 16.3 Å². The molecule has 0 aliphatic carbocycles. The first-order chi connectivity index (χ1) is 12.5. The van der Waals surface area contributed by atoms with Crippen LogP contribution in [0.4, 0.5) is 0 Å². The van der Waals surface area contributed by atoms with Crippen LogP contribution in [0.5, 0.6) is 11.5 Å². The molecule has 0 aliphatic heterocycles. The first-order valence-electron chi connectivity index (χ1n) is 8.24. The van der Waals surface area contributed by atoms with Crippen molar-refractivity contribution in [3.63, 3.8) is 0 Å². The van der Waals surface area contributed by atoms with Gasteiger partial charge in [-0.15, -0.1) is 0 Å². The number of phenolic OH excluding ortho intramolecular Hbond substituents is 1. The number of ether oxygens (including phenoxy) is 1. The van der Waals surface area contributed by atoms with Gasteiger partial charge < -0.3 is 15.2 Å². The van der Waals surface area contributed by atoms with Crippen LogP contribution in [0.2, 0.25) is 5.02 Å². The van der Waals surface area contributed by atoms with Gasteiger partial charge in [-0.2, -0.15) is 0 Å². The van der Waals surface area contributed by atoms with Gasteiger partial charge in [0.15, 0.2) is 0 Å². The Labute approximate surface area is 156 Å². The molecular weight excluding hydrogens is 352 g/mol. The number of rotatable bonds is 5. The molecule has 3 aromatic rings. The number of carbonyl (C=O) groups is 1. The number of halogens is 1. The molecule has 1 atom stereocenters. The monoisotopic (exact) mass is 370 g/mol. The van der Waals surface area contributed by atoms with Crippen molar-refractivity contribution in [2.45, 2.75) is 19.4 Å². The molecule has 26 heavy (non-hydrogen) atoms. The van der Waals surface area contributed by atoms with Crippen molar-refractivity contribution in [3.8, 4) is 11.5 Å². The molecule has 1 amide bonds. The highest BCUT2D eigenvalue weighted by Crippen LogP contribution is 2.38. The van der Waals surface area contributed by atoms with E-state index in [1.165, 1.54) is 0 Å². The number of amides is 1. The minimum Gasteiger partial charge on any atom is -0.505 e. The summed E-state index contributed by atoms with van der Waals surface area (Å²) < 4.78 is 5.28. The fourth-order valence-corrected chi connectivity index (χ4v) is 3.12. The van der Waals surface area contributed by atoms with Gasteiger partial charge in [0.25, 0.3) is 0 Å². The van der Waals surface area contributed by atoms with Gasteiger partial charge in [-0.3, -0.25) is 9.78 Å². The Morgan fingerprint density at radius 1 is 1.31 bits per heavy atom. The number of nitrogens with one attached hydrogen (secondary N) is 1. The molecule has 0 bridgehead atoms. The Morgan fingerprint density at radius 3 is 2.85 bits per heavy atom. The molecule has 1 heterocycles. The van der Waals surface area contributed by atoms with E-state index in [0.29, 0.717) is 33.7 Å². The van der Waals surface area contributed by atoms with Crippen LogP contribution >= 0.6 is 11.6 Å². The van der Waals surface area contributed by atoms with Gasteiger partial charge in [0.05, 0.1) is 18.2 Å². The van der Waals surface area contributed by atoms with Gasteiger partial charge >= 0.3 is 0 Å². The Bertz CT molecular complexity index is 959. The fourth-order valence-electron chi connectivity index (χ4n) is 2.85. The van der Waals surface area contributed by atoms with Crippen molar-refractivity contribution in [3.05, 3.63) is 64.8 Å². The van der Waals surface area contributed by atoms with Gasteiger partial charge in [-0.25, -0.2) is 0 Å². The van der Waals surface area contributed by atoms with E-state index in [-0.39, 0.29) is 11.7 Å². The molecule has 0 saturated heterocycles. The normalized spacial score (nSPS) is 12.0. The minimum absolute atomic E-state index is 0.00535. The maximum Gasteiger partial charge on any atom is 0.220 e. The molecule has 2 aromatic carbocycles. The van der Waals surface area contributed by atoms with Crippen LogP contribution < -0.4 is 10.1 Å². The summed E-state index contributed by atoms with van der Waals surface area (Å²) >= 11 is 6.41. The van der Waals surface area contributed by atoms with Crippen molar-refractivity contribution in [2.24, 2.45) is 0 Å². The number of methoxy groups -OCH3 is 1. The van der Waals surface area contributed by atoms with Crippen LogP contribution in [-0.4, -0.2) is 23.1 Å². The Kier molecular flexibility index (Phi) is 5.28. The molecule has 5 nitrogen and oxygen atoms in total.